The lowest BCUT2D eigenvalue weighted by Crippen LogP contribution is -2.43. The second-order valence-electron chi connectivity index (χ2n) is 5.49. The van der Waals surface area contributed by atoms with Crippen LogP contribution in [0.4, 0.5) is 0 Å². The molecule has 0 spiro atoms. The molecule has 6 heteroatoms. The molecule has 0 bridgehead atoms. The molecule has 1 saturated heterocycles. The molecule has 1 aromatic carbocycles. The molecule has 1 aromatic rings. The molecule has 1 heterocycles. The second-order valence-corrected chi connectivity index (χ2v) is 5.49. The van der Waals surface area contributed by atoms with E-state index in [4.69, 9.17) is 9.62 Å². The van der Waals surface area contributed by atoms with Gasteiger partial charge in [-0.3, -0.25) is 10.1 Å². The first-order chi connectivity index (χ1) is 10.5. The Morgan fingerprint density at radius 2 is 2.05 bits per heavy atom. The number of carbonyl (C=O) groups excluding carboxylic acids is 1. The van der Waals surface area contributed by atoms with Crippen LogP contribution < -0.4 is 10.1 Å². The summed E-state index contributed by atoms with van der Waals surface area (Å²) in [6, 6.07) is 7.56. The number of nitrogens with zero attached hydrogens (tertiary/aromatic N) is 1. The highest BCUT2D eigenvalue weighted by atomic mass is 17.2. The van der Waals surface area contributed by atoms with Crippen molar-refractivity contribution in [1.82, 2.24) is 10.2 Å². The third-order valence-corrected chi connectivity index (χ3v) is 3.99. The van der Waals surface area contributed by atoms with E-state index in [1.165, 1.54) is 7.11 Å². The van der Waals surface area contributed by atoms with Gasteiger partial charge in [0.2, 0.25) is 5.91 Å². The van der Waals surface area contributed by atoms with Gasteiger partial charge in [-0.05, 0) is 38.5 Å². The molecular formula is C16H24N2O4. The highest BCUT2D eigenvalue weighted by Gasteiger charge is 2.45. The van der Waals surface area contributed by atoms with Crippen molar-refractivity contribution in [2.75, 3.05) is 27.0 Å². The summed E-state index contributed by atoms with van der Waals surface area (Å²) in [5.41, 5.74) is 0.190. The summed E-state index contributed by atoms with van der Waals surface area (Å²) in [7, 11) is 1.46. The van der Waals surface area contributed by atoms with Crippen LogP contribution >= 0.6 is 0 Å². The number of nitrogens with one attached hydrogen (secondary N) is 1. The summed E-state index contributed by atoms with van der Waals surface area (Å²) in [6.07, 6.45) is 0. The lowest BCUT2D eigenvalue weighted by atomic mass is 9.92. The fourth-order valence-electron chi connectivity index (χ4n) is 2.57. The van der Waals surface area contributed by atoms with Gasteiger partial charge in [0.1, 0.15) is 17.9 Å². The number of rotatable bonds is 7. The Morgan fingerprint density at radius 3 is 2.64 bits per heavy atom. The van der Waals surface area contributed by atoms with Crippen molar-refractivity contribution in [2.45, 2.75) is 32.4 Å². The summed E-state index contributed by atoms with van der Waals surface area (Å²) in [5, 5.41) is 3.30. The maximum absolute atomic E-state index is 12.8. The smallest absolute Gasteiger partial charge is 0.248 e. The maximum atomic E-state index is 12.8. The maximum Gasteiger partial charge on any atom is 0.248 e. The van der Waals surface area contributed by atoms with Crippen molar-refractivity contribution in [2.24, 2.45) is 0 Å². The van der Waals surface area contributed by atoms with Gasteiger partial charge in [-0.1, -0.05) is 12.1 Å². The van der Waals surface area contributed by atoms with Crippen molar-refractivity contribution in [3.63, 3.8) is 0 Å². The Morgan fingerprint density at radius 1 is 1.36 bits per heavy atom. The Kier molecular flexibility index (Phi) is 5.39. The fourth-order valence-corrected chi connectivity index (χ4v) is 2.57. The van der Waals surface area contributed by atoms with Gasteiger partial charge >= 0.3 is 0 Å². The van der Waals surface area contributed by atoms with E-state index < -0.39 is 5.54 Å². The van der Waals surface area contributed by atoms with Gasteiger partial charge in [0, 0.05) is 0 Å². The highest BCUT2D eigenvalue weighted by molar-refractivity contribution is 5.89. The molecule has 2 rings (SSSR count). The molecule has 1 amide bonds. The summed E-state index contributed by atoms with van der Waals surface area (Å²) >= 11 is 0. The van der Waals surface area contributed by atoms with Crippen LogP contribution in [0.2, 0.25) is 0 Å². The van der Waals surface area contributed by atoms with Crippen molar-refractivity contribution < 1.29 is 19.3 Å². The molecule has 22 heavy (non-hydrogen) atoms. The molecule has 122 valence electrons. The van der Waals surface area contributed by atoms with Gasteiger partial charge in [-0.2, -0.15) is 0 Å². The van der Waals surface area contributed by atoms with E-state index in [-0.39, 0.29) is 11.9 Å². The number of hydrogen-bond donors (Lipinski definition) is 1. The van der Waals surface area contributed by atoms with Crippen LogP contribution in [-0.2, 0) is 20.1 Å². The number of carbonyl (C=O) groups is 1. The molecular weight excluding hydrogens is 284 g/mol. The molecule has 2 atom stereocenters. The van der Waals surface area contributed by atoms with E-state index >= 15 is 0 Å². The zero-order valence-corrected chi connectivity index (χ0v) is 13.6. The molecule has 0 saturated carbocycles. The van der Waals surface area contributed by atoms with Crippen LogP contribution in [0, 0.1) is 0 Å². The van der Waals surface area contributed by atoms with Gasteiger partial charge in [0.05, 0.1) is 26.4 Å². The predicted molar refractivity (Wildman–Crippen MR) is 82.2 cm³/mol. The second kappa shape index (κ2) is 7.09. The first-order valence-electron chi connectivity index (χ1n) is 7.48. The van der Waals surface area contributed by atoms with Crippen molar-refractivity contribution in [1.29, 1.82) is 0 Å². The standard InChI is InChI=1S/C16H24N2O4/c1-5-21-14-8-6-13(7-9-14)16(3)15(19)18(11-17-16)12(2)10-22-20-4/h6-9,12,17H,5,10-11H2,1-4H3. The Bertz CT molecular complexity index is 505. The average molecular weight is 308 g/mol. The van der Waals surface area contributed by atoms with E-state index in [1.54, 1.807) is 4.90 Å². The normalized spacial score (nSPS) is 22.9. The molecule has 1 aliphatic heterocycles. The number of amides is 1. The number of benzene rings is 1. The third-order valence-electron chi connectivity index (χ3n) is 3.99. The van der Waals surface area contributed by atoms with Crippen LogP contribution in [0.15, 0.2) is 24.3 Å². The van der Waals surface area contributed by atoms with E-state index in [0.717, 1.165) is 11.3 Å². The SMILES string of the molecule is CCOc1ccc(C2(C)NCN(C(C)COOC)C2=O)cc1. The monoisotopic (exact) mass is 308 g/mol. The van der Waals surface area contributed by atoms with Crippen LogP contribution in [0.25, 0.3) is 0 Å². The van der Waals surface area contributed by atoms with Gasteiger partial charge in [0.15, 0.2) is 0 Å². The molecule has 1 N–H and O–H groups in total. The van der Waals surface area contributed by atoms with E-state index in [0.29, 0.717) is 19.9 Å². The summed E-state index contributed by atoms with van der Waals surface area (Å²) in [6.45, 7) is 7.22. The first kappa shape index (κ1) is 16.7. The van der Waals surface area contributed by atoms with Crippen LogP contribution in [0.5, 0.6) is 5.75 Å². The number of hydrogen-bond acceptors (Lipinski definition) is 5. The lowest BCUT2D eigenvalue weighted by Gasteiger charge is -2.26. The summed E-state index contributed by atoms with van der Waals surface area (Å²) in [5.74, 6) is 0.836. The Balaban J connectivity index is 2.12. The minimum atomic E-state index is -0.730. The van der Waals surface area contributed by atoms with E-state index in [1.807, 2.05) is 45.0 Å². The minimum Gasteiger partial charge on any atom is -0.494 e. The van der Waals surface area contributed by atoms with Crippen LogP contribution in [-0.4, -0.2) is 43.8 Å². The molecule has 2 unspecified atom stereocenters. The Labute approximate surface area is 131 Å². The highest BCUT2D eigenvalue weighted by Crippen LogP contribution is 2.30. The zero-order chi connectivity index (χ0) is 16.2. The number of ether oxygens (including phenoxy) is 1. The molecule has 1 fully saturated rings. The lowest BCUT2D eigenvalue weighted by molar-refractivity contribution is -0.278. The first-order valence-corrected chi connectivity index (χ1v) is 7.48. The predicted octanol–water partition coefficient (Wildman–Crippen LogP) is 1.66. The van der Waals surface area contributed by atoms with E-state index in [9.17, 15) is 4.79 Å². The van der Waals surface area contributed by atoms with Gasteiger partial charge in [-0.15, -0.1) is 0 Å². The molecule has 0 radical (unpaired) electrons. The largest absolute Gasteiger partial charge is 0.494 e. The van der Waals surface area contributed by atoms with Gasteiger partial charge in [-0.25, -0.2) is 9.78 Å². The molecule has 0 aromatic heterocycles. The summed E-state index contributed by atoms with van der Waals surface area (Å²) < 4.78 is 5.44. The fraction of sp³-hybridized carbons (Fsp3) is 0.562. The zero-order valence-electron chi connectivity index (χ0n) is 13.6. The third kappa shape index (κ3) is 3.24. The van der Waals surface area contributed by atoms with Crippen LogP contribution in [0.3, 0.4) is 0 Å². The van der Waals surface area contributed by atoms with Crippen molar-refractivity contribution >= 4 is 5.91 Å². The van der Waals surface area contributed by atoms with E-state index in [2.05, 4.69) is 10.2 Å². The molecule has 6 nitrogen and oxygen atoms in total. The van der Waals surface area contributed by atoms with Crippen LogP contribution in [0.1, 0.15) is 26.3 Å². The quantitative estimate of drug-likeness (QED) is 0.613. The topological polar surface area (TPSA) is 60.0 Å². The minimum absolute atomic E-state index is 0.0314. The van der Waals surface area contributed by atoms with Gasteiger partial charge < -0.3 is 9.64 Å². The molecule has 0 aliphatic carbocycles. The van der Waals surface area contributed by atoms with Crippen molar-refractivity contribution in [3.05, 3.63) is 29.8 Å². The molecule has 1 aliphatic rings. The van der Waals surface area contributed by atoms with Gasteiger partial charge in [0.25, 0.3) is 0 Å². The van der Waals surface area contributed by atoms with Crippen molar-refractivity contribution in [3.8, 4) is 5.75 Å². The average Bonchev–Trinajstić information content (AvgIpc) is 2.83. The Hall–Kier alpha value is -1.63. The summed E-state index contributed by atoms with van der Waals surface area (Å²) in [4.78, 5) is 24.1.